The number of carbonyl (C=O) groups excluding carboxylic acids is 1. The van der Waals surface area contributed by atoms with Crippen molar-refractivity contribution in [1.82, 2.24) is 34.8 Å². The van der Waals surface area contributed by atoms with Crippen LogP contribution in [0, 0.1) is 13.8 Å². The van der Waals surface area contributed by atoms with E-state index in [1.807, 2.05) is 36.9 Å². The second kappa shape index (κ2) is 6.12. The lowest BCUT2D eigenvalue weighted by Gasteiger charge is -2.22. The predicted octanol–water partition coefficient (Wildman–Crippen LogP) is 1.98. The number of pyridine rings is 1. The minimum Gasteiger partial charge on any atom is -0.328 e. The molecule has 0 bridgehead atoms. The summed E-state index contributed by atoms with van der Waals surface area (Å²) in [4.78, 5) is 23.6. The molecule has 0 unspecified atom stereocenters. The maximum absolute atomic E-state index is 13.1. The first-order valence-corrected chi connectivity index (χ1v) is 8.31. The summed E-state index contributed by atoms with van der Waals surface area (Å²) in [6.45, 7) is 4.45. The van der Waals surface area contributed by atoms with Crippen molar-refractivity contribution < 1.29 is 4.79 Å². The summed E-state index contributed by atoms with van der Waals surface area (Å²) in [5.41, 5.74) is 1.37. The molecule has 1 N–H and O–H groups in total. The van der Waals surface area contributed by atoms with Crippen LogP contribution in [0.4, 0.5) is 0 Å². The number of aromatic nitrogens is 6. The molecular weight excluding hydrogens is 318 g/mol. The van der Waals surface area contributed by atoms with Gasteiger partial charge in [-0.1, -0.05) is 6.07 Å². The summed E-state index contributed by atoms with van der Waals surface area (Å²) in [6.07, 6.45) is 5.14. The second-order valence-corrected chi connectivity index (χ2v) is 6.18. The molecule has 4 rings (SSSR count). The van der Waals surface area contributed by atoms with Gasteiger partial charge in [-0.3, -0.25) is 9.89 Å². The molecule has 0 radical (unpaired) electrons. The minimum absolute atomic E-state index is 0.0374. The van der Waals surface area contributed by atoms with Crippen LogP contribution in [-0.2, 0) is 0 Å². The predicted molar refractivity (Wildman–Crippen MR) is 90.2 cm³/mol. The number of hydrogen-bond acceptors (Lipinski definition) is 5. The molecule has 4 heterocycles. The van der Waals surface area contributed by atoms with Crippen LogP contribution < -0.4 is 0 Å². The zero-order chi connectivity index (χ0) is 17.4. The van der Waals surface area contributed by atoms with E-state index >= 15 is 0 Å². The van der Waals surface area contributed by atoms with Crippen LogP contribution in [0.5, 0.6) is 0 Å². The maximum atomic E-state index is 13.1. The van der Waals surface area contributed by atoms with Crippen LogP contribution in [-0.4, -0.2) is 47.3 Å². The molecule has 8 heteroatoms. The molecule has 1 amide bonds. The Morgan fingerprint density at radius 1 is 1.32 bits per heavy atom. The first-order chi connectivity index (χ1) is 12.1. The zero-order valence-electron chi connectivity index (χ0n) is 14.2. The van der Waals surface area contributed by atoms with Gasteiger partial charge in [0, 0.05) is 12.7 Å². The number of hydrogen-bond donors (Lipinski definition) is 1. The van der Waals surface area contributed by atoms with Gasteiger partial charge in [0.15, 0.2) is 11.6 Å². The molecule has 1 fully saturated rings. The van der Waals surface area contributed by atoms with Gasteiger partial charge in [0.2, 0.25) is 0 Å². The van der Waals surface area contributed by atoms with Gasteiger partial charge in [-0.15, -0.1) is 0 Å². The number of rotatable bonds is 3. The van der Waals surface area contributed by atoms with Gasteiger partial charge in [-0.2, -0.15) is 10.2 Å². The van der Waals surface area contributed by atoms with E-state index in [2.05, 4.69) is 25.3 Å². The lowest BCUT2D eigenvalue weighted by atomic mass is 10.2. The summed E-state index contributed by atoms with van der Waals surface area (Å²) in [5, 5.41) is 11.4. The van der Waals surface area contributed by atoms with E-state index in [4.69, 9.17) is 0 Å². The fourth-order valence-electron chi connectivity index (χ4n) is 3.27. The first kappa shape index (κ1) is 15.5. The van der Waals surface area contributed by atoms with Crippen molar-refractivity contribution in [3.8, 4) is 5.82 Å². The average molecular weight is 337 g/mol. The highest BCUT2D eigenvalue weighted by atomic mass is 16.2. The van der Waals surface area contributed by atoms with Crippen LogP contribution in [0.2, 0.25) is 0 Å². The standard InChI is InChI=1S/C17H19N7O/c1-11-13(10-19-24(11)15-7-3-4-8-18-15)17(25)23-9-5-6-14(23)16-20-12(2)21-22-16/h3-4,7-8,10,14H,5-6,9H2,1-2H3,(H,20,21,22)/t14-/m1/s1. The molecule has 1 aliphatic heterocycles. The van der Waals surface area contributed by atoms with Crippen molar-refractivity contribution in [1.29, 1.82) is 0 Å². The van der Waals surface area contributed by atoms with Gasteiger partial charge < -0.3 is 4.90 Å². The number of amides is 1. The van der Waals surface area contributed by atoms with Crippen molar-refractivity contribution in [3.63, 3.8) is 0 Å². The molecule has 128 valence electrons. The molecule has 1 atom stereocenters. The monoisotopic (exact) mass is 337 g/mol. The van der Waals surface area contributed by atoms with Gasteiger partial charge in [0.05, 0.1) is 23.5 Å². The quantitative estimate of drug-likeness (QED) is 0.789. The Balaban J connectivity index is 1.64. The van der Waals surface area contributed by atoms with E-state index in [0.717, 1.165) is 24.4 Å². The van der Waals surface area contributed by atoms with Gasteiger partial charge in [0.1, 0.15) is 5.82 Å². The summed E-state index contributed by atoms with van der Waals surface area (Å²) in [5.74, 6) is 2.10. The molecule has 1 aliphatic rings. The third-order valence-corrected chi connectivity index (χ3v) is 4.53. The Morgan fingerprint density at radius 3 is 2.92 bits per heavy atom. The molecule has 1 saturated heterocycles. The van der Waals surface area contributed by atoms with Crippen LogP contribution in [0.25, 0.3) is 5.82 Å². The van der Waals surface area contributed by atoms with Crippen molar-refractivity contribution >= 4 is 5.91 Å². The van der Waals surface area contributed by atoms with Crippen molar-refractivity contribution in [2.75, 3.05) is 6.54 Å². The number of aromatic amines is 1. The highest BCUT2D eigenvalue weighted by molar-refractivity contribution is 5.95. The summed E-state index contributed by atoms with van der Waals surface area (Å²) >= 11 is 0. The second-order valence-electron chi connectivity index (χ2n) is 6.18. The highest BCUT2D eigenvalue weighted by Gasteiger charge is 2.34. The van der Waals surface area contributed by atoms with Crippen molar-refractivity contribution in [2.24, 2.45) is 0 Å². The Kier molecular flexibility index (Phi) is 3.79. The van der Waals surface area contributed by atoms with Crippen LogP contribution in [0.3, 0.4) is 0 Å². The molecular formula is C17H19N7O. The summed E-state index contributed by atoms with van der Waals surface area (Å²) in [6, 6.07) is 5.52. The largest absolute Gasteiger partial charge is 0.328 e. The van der Waals surface area contributed by atoms with Crippen LogP contribution in [0.1, 0.15) is 46.6 Å². The maximum Gasteiger partial charge on any atom is 0.257 e. The SMILES string of the molecule is Cc1nc([C@H]2CCCN2C(=O)c2cnn(-c3ccccn3)c2C)n[nH]1. The Bertz CT molecular complexity index is 899. The van der Waals surface area contributed by atoms with Gasteiger partial charge in [-0.05, 0) is 38.8 Å². The molecule has 3 aromatic heterocycles. The summed E-state index contributed by atoms with van der Waals surface area (Å²) < 4.78 is 1.69. The fourth-order valence-corrected chi connectivity index (χ4v) is 3.27. The number of H-pyrrole nitrogens is 1. The summed E-state index contributed by atoms with van der Waals surface area (Å²) in [7, 11) is 0. The van der Waals surface area contributed by atoms with E-state index in [1.54, 1.807) is 17.1 Å². The first-order valence-electron chi connectivity index (χ1n) is 8.31. The fraction of sp³-hybridized carbons (Fsp3) is 0.353. The number of carbonyl (C=O) groups is 1. The topological polar surface area (TPSA) is 92.6 Å². The number of nitrogens with one attached hydrogen (secondary N) is 1. The lowest BCUT2D eigenvalue weighted by Crippen LogP contribution is -2.31. The smallest absolute Gasteiger partial charge is 0.257 e. The van der Waals surface area contributed by atoms with E-state index in [-0.39, 0.29) is 11.9 Å². The Hall–Kier alpha value is -3.03. The third-order valence-electron chi connectivity index (χ3n) is 4.53. The molecule has 8 nitrogen and oxygen atoms in total. The Morgan fingerprint density at radius 2 is 2.20 bits per heavy atom. The van der Waals surface area contributed by atoms with Gasteiger partial charge in [0.25, 0.3) is 5.91 Å². The molecule has 0 spiro atoms. The highest BCUT2D eigenvalue weighted by Crippen LogP contribution is 2.31. The molecule has 0 saturated carbocycles. The van der Waals surface area contributed by atoms with Gasteiger partial charge in [-0.25, -0.2) is 14.6 Å². The number of likely N-dealkylation sites (tertiary alicyclic amines) is 1. The molecule has 0 aliphatic carbocycles. The van der Waals surface area contributed by atoms with Crippen LogP contribution >= 0.6 is 0 Å². The van der Waals surface area contributed by atoms with Crippen molar-refractivity contribution in [2.45, 2.75) is 32.7 Å². The average Bonchev–Trinajstić information content (AvgIpc) is 3.34. The van der Waals surface area contributed by atoms with Crippen LogP contribution in [0.15, 0.2) is 30.6 Å². The normalized spacial score (nSPS) is 17.2. The zero-order valence-corrected chi connectivity index (χ0v) is 14.2. The molecule has 0 aromatic carbocycles. The van der Waals surface area contributed by atoms with E-state index in [9.17, 15) is 4.79 Å². The van der Waals surface area contributed by atoms with Gasteiger partial charge >= 0.3 is 0 Å². The van der Waals surface area contributed by atoms with E-state index < -0.39 is 0 Å². The number of aryl methyl sites for hydroxylation is 1. The lowest BCUT2D eigenvalue weighted by molar-refractivity contribution is 0.0729. The van der Waals surface area contributed by atoms with E-state index in [0.29, 0.717) is 23.8 Å². The molecule has 3 aromatic rings. The minimum atomic E-state index is -0.0879. The third kappa shape index (κ3) is 2.69. The molecule has 25 heavy (non-hydrogen) atoms. The Labute approximate surface area is 144 Å². The van der Waals surface area contributed by atoms with Crippen molar-refractivity contribution in [3.05, 3.63) is 53.5 Å². The van der Waals surface area contributed by atoms with E-state index in [1.165, 1.54) is 0 Å². The number of nitrogens with zero attached hydrogens (tertiary/aromatic N) is 6.